The van der Waals surface area contributed by atoms with Crippen molar-refractivity contribution in [2.75, 3.05) is 13.1 Å². The van der Waals surface area contributed by atoms with Crippen LogP contribution in [0, 0.1) is 0 Å². The number of carbonyl (C=O) groups is 2. The molecule has 148 valence electrons. The van der Waals surface area contributed by atoms with Gasteiger partial charge in [0, 0.05) is 6.42 Å². The summed E-state index contributed by atoms with van der Waals surface area (Å²) in [6.07, 6.45) is 17.8. The van der Waals surface area contributed by atoms with Crippen molar-refractivity contribution < 1.29 is 14.7 Å². The lowest BCUT2D eigenvalue weighted by Crippen LogP contribution is -2.16. The summed E-state index contributed by atoms with van der Waals surface area (Å²) < 4.78 is 0. The van der Waals surface area contributed by atoms with E-state index < -0.39 is 5.97 Å². The number of unbranched alkanes of at least 4 members (excludes halogenated alkanes) is 12. The molecule has 0 aromatic rings. The van der Waals surface area contributed by atoms with E-state index in [1.165, 1.54) is 70.6 Å². The van der Waals surface area contributed by atoms with Crippen molar-refractivity contribution in [3.8, 4) is 0 Å². The summed E-state index contributed by atoms with van der Waals surface area (Å²) in [6, 6.07) is 0. The molecule has 0 aliphatic carbocycles. The molecule has 4 nitrogen and oxygen atoms in total. The van der Waals surface area contributed by atoms with Gasteiger partial charge in [-0.1, -0.05) is 77.6 Å². The lowest BCUT2D eigenvalue weighted by atomic mass is 10.1. The Labute approximate surface area is 155 Å². The first kappa shape index (κ1) is 24.1. The molecule has 0 bridgehead atoms. The van der Waals surface area contributed by atoms with E-state index >= 15 is 0 Å². The summed E-state index contributed by atoms with van der Waals surface area (Å²) in [4.78, 5) is 21.6. The van der Waals surface area contributed by atoms with Crippen LogP contribution in [0.2, 0.25) is 0 Å². The van der Waals surface area contributed by atoms with Gasteiger partial charge >= 0.3 is 5.97 Å². The number of nitrogens with one attached hydrogen (secondary N) is 1. The van der Waals surface area contributed by atoms with Crippen LogP contribution in [-0.2, 0) is 9.59 Å². The monoisotopic (exact) mass is 355 g/mol. The lowest BCUT2D eigenvalue weighted by molar-refractivity contribution is -0.140. The van der Waals surface area contributed by atoms with Crippen LogP contribution in [0.3, 0.4) is 0 Å². The van der Waals surface area contributed by atoms with Crippen molar-refractivity contribution >= 4 is 11.8 Å². The largest absolute Gasteiger partial charge is 0.481 e. The third-order valence-corrected chi connectivity index (χ3v) is 4.61. The van der Waals surface area contributed by atoms with Crippen molar-refractivity contribution in [1.82, 2.24) is 5.32 Å². The molecule has 0 rings (SSSR count). The van der Waals surface area contributed by atoms with Crippen LogP contribution in [0.1, 0.15) is 110 Å². The molecule has 0 radical (unpaired) electrons. The van der Waals surface area contributed by atoms with Gasteiger partial charge in [0.05, 0.1) is 0 Å². The number of Topliss-reactive ketones (excluding diaryl/α,β-unsaturated/α-hetero) is 1. The predicted molar refractivity (Wildman–Crippen MR) is 105 cm³/mol. The van der Waals surface area contributed by atoms with E-state index in [0.29, 0.717) is 6.42 Å². The molecule has 0 saturated carbocycles. The molecule has 2 N–H and O–H groups in total. The summed E-state index contributed by atoms with van der Waals surface area (Å²) >= 11 is 0. The van der Waals surface area contributed by atoms with Gasteiger partial charge in [0.2, 0.25) is 0 Å². The van der Waals surface area contributed by atoms with E-state index in [4.69, 9.17) is 5.11 Å². The first-order valence-electron chi connectivity index (χ1n) is 10.6. The Bertz CT molecular complexity index is 318. The molecular weight excluding hydrogens is 314 g/mol. The maximum absolute atomic E-state index is 11.2. The second-order valence-corrected chi connectivity index (χ2v) is 7.21. The van der Waals surface area contributed by atoms with Crippen LogP contribution in [0.25, 0.3) is 0 Å². The Kier molecular flexibility index (Phi) is 18.7. The van der Waals surface area contributed by atoms with Gasteiger partial charge in [-0.15, -0.1) is 0 Å². The third kappa shape index (κ3) is 21.1. The minimum Gasteiger partial charge on any atom is -0.481 e. The van der Waals surface area contributed by atoms with Crippen LogP contribution in [0.15, 0.2) is 0 Å². The molecule has 4 heteroatoms. The molecule has 0 saturated heterocycles. The maximum Gasteiger partial charge on any atom is 0.310 e. The van der Waals surface area contributed by atoms with Gasteiger partial charge in [0.15, 0.2) is 0 Å². The summed E-state index contributed by atoms with van der Waals surface area (Å²) in [5.74, 6) is -1.15. The summed E-state index contributed by atoms with van der Waals surface area (Å²) in [5.41, 5.74) is 0. The number of carbonyl (C=O) groups excluding carboxylic acids is 1. The van der Waals surface area contributed by atoms with Gasteiger partial charge in [-0.25, -0.2) is 0 Å². The molecule has 0 aliphatic rings. The first-order chi connectivity index (χ1) is 12.2. The van der Waals surface area contributed by atoms with Gasteiger partial charge in [-0.05, 0) is 32.4 Å². The Morgan fingerprint density at radius 3 is 1.60 bits per heavy atom. The summed E-state index contributed by atoms with van der Waals surface area (Å²) in [6.45, 7) is 4.56. The second kappa shape index (κ2) is 19.4. The Hall–Kier alpha value is -0.900. The molecule has 0 amide bonds. The van der Waals surface area contributed by atoms with Gasteiger partial charge in [0.25, 0.3) is 0 Å². The minimum absolute atomic E-state index is 0.139. The molecular formula is C21H41NO3. The fourth-order valence-corrected chi connectivity index (χ4v) is 3.05. The predicted octanol–water partition coefficient (Wildman–Crippen LogP) is 5.49. The van der Waals surface area contributed by atoms with E-state index in [0.717, 1.165) is 32.4 Å². The van der Waals surface area contributed by atoms with Gasteiger partial charge in [-0.2, -0.15) is 0 Å². The van der Waals surface area contributed by atoms with Crippen LogP contribution in [-0.4, -0.2) is 29.9 Å². The molecule has 0 aromatic carbocycles. The highest BCUT2D eigenvalue weighted by Gasteiger charge is 2.06. The highest BCUT2D eigenvalue weighted by molar-refractivity contribution is 5.94. The lowest BCUT2D eigenvalue weighted by Gasteiger charge is -2.05. The number of rotatable bonds is 20. The standard InChI is InChI=1S/C21H41NO3/c1-2-3-4-5-8-11-14-17-22-18-15-12-9-6-7-10-13-16-20(23)19-21(24)25/h22H,2-19H2,1H3,(H,24,25). The van der Waals surface area contributed by atoms with E-state index in [2.05, 4.69) is 12.2 Å². The fourth-order valence-electron chi connectivity index (χ4n) is 3.05. The zero-order valence-electron chi connectivity index (χ0n) is 16.5. The van der Waals surface area contributed by atoms with Gasteiger partial charge in [0.1, 0.15) is 12.2 Å². The van der Waals surface area contributed by atoms with Gasteiger partial charge in [-0.3, -0.25) is 9.59 Å². The van der Waals surface area contributed by atoms with Crippen LogP contribution in [0.4, 0.5) is 0 Å². The molecule has 0 spiro atoms. The summed E-state index contributed by atoms with van der Waals surface area (Å²) in [7, 11) is 0. The van der Waals surface area contributed by atoms with Crippen LogP contribution >= 0.6 is 0 Å². The van der Waals surface area contributed by atoms with E-state index in [1.54, 1.807) is 0 Å². The molecule has 0 heterocycles. The SMILES string of the molecule is CCCCCCCCCNCCCCCCCCCC(=O)CC(=O)O. The number of hydrogen-bond acceptors (Lipinski definition) is 3. The van der Waals surface area contributed by atoms with E-state index in [-0.39, 0.29) is 12.2 Å². The molecule has 0 atom stereocenters. The Balaban J connectivity index is 3.07. The smallest absolute Gasteiger partial charge is 0.310 e. The van der Waals surface area contributed by atoms with Crippen molar-refractivity contribution in [2.24, 2.45) is 0 Å². The number of carboxylic acid groups (broad SMARTS) is 1. The molecule has 0 aromatic heterocycles. The normalized spacial score (nSPS) is 10.9. The highest BCUT2D eigenvalue weighted by Crippen LogP contribution is 2.09. The van der Waals surface area contributed by atoms with Crippen molar-refractivity contribution in [1.29, 1.82) is 0 Å². The van der Waals surface area contributed by atoms with Crippen LogP contribution < -0.4 is 5.32 Å². The topological polar surface area (TPSA) is 66.4 Å². The summed E-state index contributed by atoms with van der Waals surface area (Å²) in [5, 5.41) is 12.0. The Morgan fingerprint density at radius 1 is 0.680 bits per heavy atom. The average Bonchev–Trinajstić information content (AvgIpc) is 2.57. The quantitative estimate of drug-likeness (QED) is 0.224. The van der Waals surface area contributed by atoms with E-state index in [9.17, 15) is 9.59 Å². The minimum atomic E-state index is -1.01. The van der Waals surface area contributed by atoms with Gasteiger partial charge < -0.3 is 10.4 Å². The van der Waals surface area contributed by atoms with Crippen molar-refractivity contribution in [3.05, 3.63) is 0 Å². The third-order valence-electron chi connectivity index (χ3n) is 4.61. The maximum atomic E-state index is 11.2. The highest BCUT2D eigenvalue weighted by atomic mass is 16.4. The molecule has 25 heavy (non-hydrogen) atoms. The zero-order valence-corrected chi connectivity index (χ0v) is 16.5. The van der Waals surface area contributed by atoms with Crippen LogP contribution in [0.5, 0.6) is 0 Å². The number of aliphatic carboxylic acids is 1. The number of hydrogen-bond donors (Lipinski definition) is 2. The average molecular weight is 356 g/mol. The molecule has 0 unspecified atom stereocenters. The fraction of sp³-hybridized carbons (Fsp3) is 0.905. The molecule has 0 aliphatic heterocycles. The van der Waals surface area contributed by atoms with Crippen molar-refractivity contribution in [3.63, 3.8) is 0 Å². The van der Waals surface area contributed by atoms with E-state index in [1.807, 2.05) is 0 Å². The zero-order chi connectivity index (χ0) is 18.6. The molecule has 0 fully saturated rings. The number of carboxylic acids is 1. The second-order valence-electron chi connectivity index (χ2n) is 7.21. The van der Waals surface area contributed by atoms with Crippen molar-refractivity contribution in [2.45, 2.75) is 110 Å². The first-order valence-corrected chi connectivity index (χ1v) is 10.6. The number of ketones is 1. The Morgan fingerprint density at radius 2 is 1.12 bits per heavy atom.